The molecule has 0 aromatic heterocycles. The van der Waals surface area contributed by atoms with Gasteiger partial charge in [-0.05, 0) is 47.1 Å². The first kappa shape index (κ1) is 10.9. The van der Waals surface area contributed by atoms with E-state index < -0.39 is 10.0 Å². The van der Waals surface area contributed by atoms with Crippen LogP contribution in [-0.2, 0) is 16.4 Å². The summed E-state index contributed by atoms with van der Waals surface area (Å²) in [5.41, 5.74) is 2.06. The molecule has 0 radical (unpaired) electrons. The summed E-state index contributed by atoms with van der Waals surface area (Å²) in [5.74, 6) is 0. The molecule has 0 amide bonds. The Morgan fingerprint density at radius 1 is 1.47 bits per heavy atom. The fourth-order valence-electron chi connectivity index (χ4n) is 1.61. The molecule has 1 aromatic rings. The van der Waals surface area contributed by atoms with Crippen molar-refractivity contribution in [3.05, 3.63) is 22.2 Å². The van der Waals surface area contributed by atoms with Gasteiger partial charge in [-0.15, -0.1) is 0 Å². The molecule has 15 heavy (non-hydrogen) atoms. The lowest BCUT2D eigenvalue weighted by molar-refractivity contribution is 0.588. The van der Waals surface area contributed by atoms with Gasteiger partial charge in [0.1, 0.15) is 0 Å². The largest absolute Gasteiger partial charge is 0.384 e. The number of sulfonamides is 1. The minimum Gasteiger partial charge on any atom is -0.384 e. The van der Waals surface area contributed by atoms with Crippen molar-refractivity contribution in [3.63, 3.8) is 0 Å². The fraction of sp³-hybridized carbons (Fsp3) is 0.333. The van der Waals surface area contributed by atoms with Crippen molar-refractivity contribution in [2.45, 2.75) is 11.3 Å². The van der Waals surface area contributed by atoms with Crippen LogP contribution in [0.5, 0.6) is 0 Å². The molecule has 2 N–H and O–H groups in total. The Morgan fingerprint density at radius 3 is 2.87 bits per heavy atom. The van der Waals surface area contributed by atoms with E-state index in [1.54, 1.807) is 6.07 Å². The van der Waals surface area contributed by atoms with Gasteiger partial charge in [0.25, 0.3) is 0 Å². The summed E-state index contributed by atoms with van der Waals surface area (Å²) in [6.45, 7) is 0.866. The van der Waals surface area contributed by atoms with Gasteiger partial charge in [-0.25, -0.2) is 13.1 Å². The van der Waals surface area contributed by atoms with Gasteiger partial charge in [-0.2, -0.15) is 0 Å². The highest BCUT2D eigenvalue weighted by atomic mass is 79.9. The molecule has 0 unspecified atom stereocenters. The Kier molecular flexibility index (Phi) is 2.74. The van der Waals surface area contributed by atoms with Crippen LogP contribution in [0.4, 0.5) is 5.69 Å². The van der Waals surface area contributed by atoms with Crippen molar-refractivity contribution in [2.75, 3.05) is 18.9 Å². The molecule has 82 valence electrons. The maximum atomic E-state index is 11.7. The quantitative estimate of drug-likeness (QED) is 0.864. The first-order valence-corrected chi connectivity index (χ1v) is 6.82. The monoisotopic (exact) mass is 290 g/mol. The summed E-state index contributed by atoms with van der Waals surface area (Å²) in [6.07, 6.45) is 0.938. The molecular weight excluding hydrogens is 280 g/mol. The number of hydrogen-bond acceptors (Lipinski definition) is 3. The Morgan fingerprint density at radius 2 is 2.20 bits per heavy atom. The molecule has 1 heterocycles. The zero-order chi connectivity index (χ0) is 11.1. The molecule has 1 aliphatic heterocycles. The molecule has 2 rings (SSSR count). The maximum Gasteiger partial charge on any atom is 0.241 e. The van der Waals surface area contributed by atoms with Crippen LogP contribution in [0.3, 0.4) is 0 Å². The highest BCUT2D eigenvalue weighted by Gasteiger charge is 2.20. The van der Waals surface area contributed by atoms with E-state index in [2.05, 4.69) is 26.0 Å². The number of benzene rings is 1. The summed E-state index contributed by atoms with van der Waals surface area (Å²) in [7, 11) is -1.98. The summed E-state index contributed by atoms with van der Waals surface area (Å²) in [6, 6.07) is 3.53. The van der Waals surface area contributed by atoms with Crippen LogP contribution >= 0.6 is 15.9 Å². The van der Waals surface area contributed by atoms with E-state index >= 15 is 0 Å². The number of halogens is 1. The minimum atomic E-state index is -3.39. The lowest BCUT2D eigenvalue weighted by Crippen LogP contribution is -2.19. The van der Waals surface area contributed by atoms with Crippen molar-refractivity contribution >= 4 is 31.6 Å². The lowest BCUT2D eigenvalue weighted by Gasteiger charge is -2.08. The number of anilines is 1. The van der Waals surface area contributed by atoms with E-state index in [9.17, 15) is 8.42 Å². The summed E-state index contributed by atoms with van der Waals surface area (Å²) >= 11 is 3.28. The lowest BCUT2D eigenvalue weighted by atomic mass is 10.2. The first-order valence-electron chi connectivity index (χ1n) is 4.54. The molecular formula is C9H11BrN2O2S. The van der Waals surface area contributed by atoms with Crippen molar-refractivity contribution in [2.24, 2.45) is 0 Å². The van der Waals surface area contributed by atoms with Crippen molar-refractivity contribution in [1.29, 1.82) is 0 Å². The smallest absolute Gasteiger partial charge is 0.241 e. The van der Waals surface area contributed by atoms with Crippen LogP contribution in [0.2, 0.25) is 0 Å². The molecule has 0 bridgehead atoms. The highest BCUT2D eigenvalue weighted by molar-refractivity contribution is 9.10. The predicted octanol–water partition coefficient (Wildman–Crippen LogP) is 1.33. The minimum absolute atomic E-state index is 0.276. The molecule has 0 saturated carbocycles. The third kappa shape index (κ3) is 1.89. The average Bonchev–Trinajstić information content (AvgIpc) is 2.63. The Labute approximate surface area is 97.2 Å². The number of hydrogen-bond donors (Lipinski definition) is 2. The van der Waals surface area contributed by atoms with Gasteiger partial charge in [-0.1, -0.05) is 0 Å². The fourth-order valence-corrected chi connectivity index (χ4v) is 3.45. The van der Waals surface area contributed by atoms with E-state index in [0.717, 1.165) is 24.2 Å². The topological polar surface area (TPSA) is 58.2 Å². The van der Waals surface area contributed by atoms with Crippen molar-refractivity contribution < 1.29 is 8.42 Å². The van der Waals surface area contributed by atoms with E-state index in [0.29, 0.717) is 4.47 Å². The third-order valence-electron chi connectivity index (χ3n) is 2.43. The van der Waals surface area contributed by atoms with Gasteiger partial charge in [0.2, 0.25) is 10.0 Å². The Balaban J connectivity index is 2.60. The first-order chi connectivity index (χ1) is 7.04. The van der Waals surface area contributed by atoms with E-state index in [1.165, 1.54) is 7.05 Å². The number of fused-ring (bicyclic) bond motifs is 1. The number of nitrogens with one attached hydrogen (secondary N) is 2. The van der Waals surface area contributed by atoms with Gasteiger partial charge in [-0.3, -0.25) is 0 Å². The van der Waals surface area contributed by atoms with Gasteiger partial charge in [0.15, 0.2) is 0 Å². The van der Waals surface area contributed by atoms with Gasteiger partial charge < -0.3 is 5.32 Å². The second-order valence-electron chi connectivity index (χ2n) is 3.32. The summed E-state index contributed by atoms with van der Waals surface area (Å²) in [5, 5.41) is 3.15. The molecule has 0 aliphatic carbocycles. The highest BCUT2D eigenvalue weighted by Crippen LogP contribution is 2.31. The average molecular weight is 291 g/mol. The van der Waals surface area contributed by atoms with Gasteiger partial charge in [0, 0.05) is 16.7 Å². The van der Waals surface area contributed by atoms with Crippen molar-refractivity contribution in [1.82, 2.24) is 4.72 Å². The Hall–Kier alpha value is -0.590. The van der Waals surface area contributed by atoms with Crippen LogP contribution < -0.4 is 10.0 Å². The van der Waals surface area contributed by atoms with Gasteiger partial charge in [0.05, 0.1) is 4.90 Å². The van der Waals surface area contributed by atoms with Crippen LogP contribution in [-0.4, -0.2) is 22.0 Å². The summed E-state index contributed by atoms with van der Waals surface area (Å²) in [4.78, 5) is 0.276. The van der Waals surface area contributed by atoms with E-state index in [4.69, 9.17) is 0 Å². The zero-order valence-electron chi connectivity index (χ0n) is 8.17. The molecule has 0 fully saturated rings. The third-order valence-corrected chi connectivity index (χ3v) is 4.80. The molecule has 1 aromatic carbocycles. The summed E-state index contributed by atoms with van der Waals surface area (Å²) < 4.78 is 26.2. The molecule has 0 saturated heterocycles. The second-order valence-corrected chi connectivity index (χ2v) is 6.03. The second kappa shape index (κ2) is 3.77. The van der Waals surface area contributed by atoms with Crippen LogP contribution in [0.25, 0.3) is 0 Å². The van der Waals surface area contributed by atoms with Gasteiger partial charge >= 0.3 is 0 Å². The molecule has 1 aliphatic rings. The normalized spacial score (nSPS) is 14.8. The molecule has 6 heteroatoms. The van der Waals surface area contributed by atoms with Crippen LogP contribution in [0.1, 0.15) is 5.56 Å². The molecule has 0 atom stereocenters. The van der Waals surface area contributed by atoms with Crippen LogP contribution in [0, 0.1) is 0 Å². The van der Waals surface area contributed by atoms with E-state index in [1.807, 2.05) is 6.07 Å². The molecule has 0 spiro atoms. The predicted molar refractivity (Wildman–Crippen MR) is 62.6 cm³/mol. The molecule has 4 nitrogen and oxygen atoms in total. The van der Waals surface area contributed by atoms with Crippen molar-refractivity contribution in [3.8, 4) is 0 Å². The van der Waals surface area contributed by atoms with Crippen LogP contribution in [0.15, 0.2) is 21.5 Å². The standard InChI is InChI=1S/C9H11BrN2O2S/c1-11-15(13,14)9-5-8-6(2-3-12-8)4-7(9)10/h4-5,11-12H,2-3H2,1H3. The maximum absolute atomic E-state index is 11.7. The zero-order valence-corrected chi connectivity index (χ0v) is 10.6. The number of rotatable bonds is 2. The SMILES string of the molecule is CNS(=O)(=O)c1cc2c(cc1Br)CCN2. The Bertz CT molecular complexity index is 499. The van der Waals surface area contributed by atoms with E-state index in [-0.39, 0.29) is 4.90 Å².